The van der Waals surface area contributed by atoms with Gasteiger partial charge in [0, 0.05) is 4.47 Å². The van der Waals surface area contributed by atoms with Crippen LogP contribution in [0.3, 0.4) is 0 Å². The largest absolute Gasteiger partial charge is 0.484 e. The van der Waals surface area contributed by atoms with E-state index in [2.05, 4.69) is 20.7 Å². The molecule has 0 heterocycles. The zero-order valence-electron chi connectivity index (χ0n) is 6.74. The van der Waals surface area contributed by atoms with E-state index in [4.69, 9.17) is 0 Å². The van der Waals surface area contributed by atoms with Gasteiger partial charge in [-0.1, -0.05) is 15.9 Å². The fourth-order valence-electron chi connectivity index (χ4n) is 0.790. The van der Waals surface area contributed by atoms with Crippen LogP contribution in [0, 0.1) is 11.6 Å². The van der Waals surface area contributed by atoms with E-state index in [0.29, 0.717) is 0 Å². The summed E-state index contributed by atoms with van der Waals surface area (Å²) in [6.07, 6.45) is -2.73. The van der Waals surface area contributed by atoms with Gasteiger partial charge in [-0.3, -0.25) is 0 Å². The molecule has 0 fully saturated rings. The van der Waals surface area contributed by atoms with Gasteiger partial charge in [0.25, 0.3) is 6.43 Å². The number of hydrogen-bond donors (Lipinski definition) is 0. The smallest absolute Gasteiger partial charge is 0.272 e. The Morgan fingerprint density at radius 1 is 1.29 bits per heavy atom. The molecule has 0 bridgehead atoms. The Kier molecular flexibility index (Phi) is 3.74. The van der Waals surface area contributed by atoms with Crippen LogP contribution in [0.1, 0.15) is 0 Å². The third-order valence-electron chi connectivity index (χ3n) is 1.32. The Labute approximate surface area is 85.8 Å². The van der Waals surface area contributed by atoms with Crippen LogP contribution in [0.15, 0.2) is 16.6 Å². The molecule has 78 valence electrons. The zero-order valence-corrected chi connectivity index (χ0v) is 8.32. The molecular formula is C8H5BrF4O. The maximum atomic E-state index is 12.9. The van der Waals surface area contributed by atoms with Crippen molar-refractivity contribution in [2.45, 2.75) is 6.43 Å². The molecule has 0 unspecified atom stereocenters. The highest BCUT2D eigenvalue weighted by Crippen LogP contribution is 2.25. The molecule has 0 aliphatic carbocycles. The van der Waals surface area contributed by atoms with Crippen molar-refractivity contribution in [1.29, 1.82) is 0 Å². The molecule has 14 heavy (non-hydrogen) atoms. The normalized spacial score (nSPS) is 10.7. The lowest BCUT2D eigenvalue weighted by molar-refractivity contribution is 0.0794. The fraction of sp³-hybridized carbons (Fsp3) is 0.250. The van der Waals surface area contributed by atoms with Crippen molar-refractivity contribution in [1.82, 2.24) is 0 Å². The van der Waals surface area contributed by atoms with Crippen LogP contribution >= 0.6 is 15.9 Å². The zero-order chi connectivity index (χ0) is 10.7. The number of alkyl halides is 2. The molecule has 1 rings (SSSR count). The Morgan fingerprint density at radius 3 is 2.50 bits per heavy atom. The molecule has 0 aromatic heterocycles. The van der Waals surface area contributed by atoms with Crippen molar-refractivity contribution < 1.29 is 22.3 Å². The number of rotatable bonds is 3. The highest BCUT2D eigenvalue weighted by atomic mass is 79.9. The standard InChI is InChI=1S/C8H5BrF4O/c9-4-1-5(10)8(13)6(2-4)14-3-7(11)12/h1-2,7H,3H2. The summed E-state index contributed by atoms with van der Waals surface area (Å²) in [4.78, 5) is 0. The van der Waals surface area contributed by atoms with Gasteiger partial charge in [-0.2, -0.15) is 4.39 Å². The van der Waals surface area contributed by atoms with E-state index in [-0.39, 0.29) is 4.47 Å². The summed E-state index contributed by atoms with van der Waals surface area (Å²) in [6.45, 7) is -0.965. The first-order valence-corrected chi connectivity index (χ1v) is 4.35. The first-order chi connectivity index (χ1) is 6.50. The Balaban J connectivity index is 2.85. The second-order valence-electron chi connectivity index (χ2n) is 2.40. The van der Waals surface area contributed by atoms with Crippen molar-refractivity contribution in [2.75, 3.05) is 6.61 Å². The third kappa shape index (κ3) is 2.87. The Hall–Kier alpha value is -0.780. The van der Waals surface area contributed by atoms with E-state index in [1.807, 2.05) is 0 Å². The summed E-state index contributed by atoms with van der Waals surface area (Å²) >= 11 is 2.88. The predicted octanol–water partition coefficient (Wildman–Crippen LogP) is 3.37. The lowest BCUT2D eigenvalue weighted by Gasteiger charge is -2.07. The minimum absolute atomic E-state index is 0.223. The molecule has 6 heteroatoms. The van der Waals surface area contributed by atoms with E-state index < -0.39 is 30.4 Å². The number of hydrogen-bond acceptors (Lipinski definition) is 1. The topological polar surface area (TPSA) is 9.23 Å². The van der Waals surface area contributed by atoms with Gasteiger partial charge < -0.3 is 4.74 Å². The van der Waals surface area contributed by atoms with Gasteiger partial charge in [0.05, 0.1) is 0 Å². The average Bonchev–Trinajstić information content (AvgIpc) is 2.08. The van der Waals surface area contributed by atoms with Gasteiger partial charge >= 0.3 is 0 Å². The molecule has 0 spiro atoms. The molecule has 0 amide bonds. The Bertz CT molecular complexity index is 329. The maximum Gasteiger partial charge on any atom is 0.272 e. The summed E-state index contributed by atoms with van der Waals surface area (Å²) < 4.78 is 53.5. The van der Waals surface area contributed by atoms with E-state index in [0.717, 1.165) is 12.1 Å². The van der Waals surface area contributed by atoms with Crippen LogP contribution in [0.5, 0.6) is 5.75 Å². The molecule has 0 atom stereocenters. The minimum Gasteiger partial charge on any atom is -0.484 e. The number of benzene rings is 1. The van der Waals surface area contributed by atoms with E-state index >= 15 is 0 Å². The van der Waals surface area contributed by atoms with Crippen molar-refractivity contribution in [2.24, 2.45) is 0 Å². The van der Waals surface area contributed by atoms with Gasteiger partial charge in [0.2, 0.25) is 5.82 Å². The van der Waals surface area contributed by atoms with Crippen molar-refractivity contribution in [3.8, 4) is 5.75 Å². The summed E-state index contributed by atoms with van der Waals surface area (Å²) in [7, 11) is 0. The summed E-state index contributed by atoms with van der Waals surface area (Å²) in [6, 6.07) is 1.96. The molecule has 1 aromatic carbocycles. The fourth-order valence-corrected chi connectivity index (χ4v) is 1.20. The van der Waals surface area contributed by atoms with E-state index in [1.165, 1.54) is 0 Å². The maximum absolute atomic E-state index is 12.9. The molecular weight excluding hydrogens is 268 g/mol. The first-order valence-electron chi connectivity index (χ1n) is 3.56. The van der Waals surface area contributed by atoms with Crippen LogP contribution in [0.25, 0.3) is 0 Å². The molecule has 1 aromatic rings. The second kappa shape index (κ2) is 4.63. The quantitative estimate of drug-likeness (QED) is 0.606. The van der Waals surface area contributed by atoms with Crippen molar-refractivity contribution in [3.63, 3.8) is 0 Å². The van der Waals surface area contributed by atoms with Gasteiger partial charge in [0.15, 0.2) is 11.6 Å². The second-order valence-corrected chi connectivity index (χ2v) is 3.32. The van der Waals surface area contributed by atoms with Crippen LogP contribution in [-0.2, 0) is 0 Å². The predicted molar refractivity (Wildman–Crippen MR) is 45.6 cm³/mol. The van der Waals surface area contributed by atoms with Crippen LogP contribution in [0.2, 0.25) is 0 Å². The molecule has 0 aliphatic rings. The number of halogens is 5. The molecule has 0 saturated heterocycles. The van der Waals surface area contributed by atoms with E-state index in [1.54, 1.807) is 0 Å². The van der Waals surface area contributed by atoms with Crippen LogP contribution in [0.4, 0.5) is 17.6 Å². The molecule has 1 nitrogen and oxygen atoms in total. The molecule has 0 saturated carbocycles. The van der Waals surface area contributed by atoms with Gasteiger partial charge in [-0.25, -0.2) is 13.2 Å². The summed E-state index contributed by atoms with van der Waals surface area (Å²) in [5.74, 6) is -2.95. The lowest BCUT2D eigenvalue weighted by atomic mass is 10.3. The summed E-state index contributed by atoms with van der Waals surface area (Å²) in [5, 5.41) is 0. The molecule has 0 radical (unpaired) electrons. The SMILES string of the molecule is Fc1cc(Br)cc(OCC(F)F)c1F. The van der Waals surface area contributed by atoms with Crippen LogP contribution in [-0.4, -0.2) is 13.0 Å². The highest BCUT2D eigenvalue weighted by molar-refractivity contribution is 9.10. The van der Waals surface area contributed by atoms with Crippen molar-refractivity contribution >= 4 is 15.9 Å². The van der Waals surface area contributed by atoms with Gasteiger partial charge in [0.1, 0.15) is 6.61 Å². The van der Waals surface area contributed by atoms with Gasteiger partial charge in [-0.15, -0.1) is 0 Å². The lowest BCUT2D eigenvalue weighted by Crippen LogP contribution is -2.08. The third-order valence-corrected chi connectivity index (χ3v) is 1.78. The van der Waals surface area contributed by atoms with E-state index in [9.17, 15) is 17.6 Å². The minimum atomic E-state index is -2.73. The Morgan fingerprint density at radius 2 is 1.93 bits per heavy atom. The highest BCUT2D eigenvalue weighted by Gasteiger charge is 2.13. The first kappa shape index (κ1) is 11.3. The average molecular weight is 273 g/mol. The molecule has 0 N–H and O–H groups in total. The van der Waals surface area contributed by atoms with Crippen LogP contribution < -0.4 is 4.74 Å². The summed E-state index contributed by atoms with van der Waals surface area (Å²) in [5.41, 5.74) is 0. The molecule has 0 aliphatic heterocycles. The van der Waals surface area contributed by atoms with Gasteiger partial charge in [-0.05, 0) is 12.1 Å². The monoisotopic (exact) mass is 272 g/mol. The van der Waals surface area contributed by atoms with Crippen molar-refractivity contribution in [3.05, 3.63) is 28.2 Å². The number of ether oxygens (including phenoxy) is 1.